The lowest BCUT2D eigenvalue weighted by atomic mass is 10.0. The number of morpholine rings is 1. The molecular formula is C24H38N4O5. The summed E-state index contributed by atoms with van der Waals surface area (Å²) in [5.41, 5.74) is 1.25. The Labute approximate surface area is 196 Å². The van der Waals surface area contributed by atoms with Crippen molar-refractivity contribution in [2.24, 2.45) is 5.92 Å². The molecule has 1 aliphatic carbocycles. The molecule has 0 bridgehead atoms. The van der Waals surface area contributed by atoms with Crippen LogP contribution in [0.1, 0.15) is 51.5 Å². The third-order valence-electron chi connectivity index (χ3n) is 6.25. The van der Waals surface area contributed by atoms with Gasteiger partial charge in [-0.15, -0.1) is 0 Å². The van der Waals surface area contributed by atoms with Gasteiger partial charge in [-0.3, -0.25) is 14.9 Å². The van der Waals surface area contributed by atoms with E-state index < -0.39 is 6.04 Å². The number of carbonyl (C=O) groups is 1. The van der Waals surface area contributed by atoms with Crippen LogP contribution in [0.2, 0.25) is 0 Å². The highest BCUT2D eigenvalue weighted by Crippen LogP contribution is 2.26. The van der Waals surface area contributed by atoms with E-state index in [1.807, 2.05) is 13.1 Å². The summed E-state index contributed by atoms with van der Waals surface area (Å²) in [6, 6.07) is 4.72. The topological polar surface area (TPSA) is 106 Å². The molecule has 0 amide bonds. The van der Waals surface area contributed by atoms with Crippen molar-refractivity contribution in [1.29, 1.82) is 0 Å². The lowest BCUT2D eigenvalue weighted by Gasteiger charge is -2.30. The summed E-state index contributed by atoms with van der Waals surface area (Å²) >= 11 is 0. The van der Waals surface area contributed by atoms with Crippen molar-refractivity contribution in [3.05, 3.63) is 33.9 Å². The first-order chi connectivity index (χ1) is 15.8. The molecule has 1 saturated heterocycles. The fourth-order valence-electron chi connectivity index (χ4n) is 4.43. The molecule has 0 radical (unpaired) electrons. The third kappa shape index (κ3) is 7.94. The van der Waals surface area contributed by atoms with Gasteiger partial charge in [-0.25, -0.2) is 0 Å². The Kier molecular flexibility index (Phi) is 9.46. The fraction of sp³-hybridized carbons (Fsp3) is 0.708. The number of nitro benzene ring substituents is 1. The van der Waals surface area contributed by atoms with Gasteiger partial charge in [0.05, 0.1) is 17.6 Å². The lowest BCUT2D eigenvalue weighted by molar-refractivity contribution is -0.384. The highest BCUT2D eigenvalue weighted by Gasteiger charge is 2.26. The van der Waals surface area contributed by atoms with Crippen LogP contribution >= 0.6 is 0 Å². The minimum Gasteiger partial charge on any atom is -0.461 e. The maximum Gasteiger partial charge on any atom is 0.323 e. The average Bonchev–Trinajstić information content (AvgIpc) is 3.28. The summed E-state index contributed by atoms with van der Waals surface area (Å²) in [4.78, 5) is 26.2. The molecule has 1 aromatic carbocycles. The maximum atomic E-state index is 12.7. The smallest absolute Gasteiger partial charge is 0.323 e. The van der Waals surface area contributed by atoms with Gasteiger partial charge in [0, 0.05) is 32.2 Å². The standard InChI is InChI=1S/C24H38N4O5/c1-17(2)12-22(24(29)33-19-6-4-5-7-19)25-14-18-8-9-21(23(13-18)28(30)31)26-15-20-16-27(3)10-11-32-20/h8-9,13,17,19-20,22,25-26H,4-7,10-12,14-16H2,1-3H3. The molecular weight excluding hydrogens is 424 g/mol. The molecule has 184 valence electrons. The van der Waals surface area contributed by atoms with Crippen molar-refractivity contribution in [2.75, 3.05) is 38.6 Å². The summed E-state index contributed by atoms with van der Waals surface area (Å²) in [6.45, 7) is 7.34. The highest BCUT2D eigenvalue weighted by atomic mass is 16.6. The number of nitro groups is 1. The van der Waals surface area contributed by atoms with Gasteiger partial charge in [0.2, 0.25) is 0 Å². The van der Waals surface area contributed by atoms with Crippen LogP contribution in [-0.4, -0.2) is 67.3 Å². The monoisotopic (exact) mass is 462 g/mol. The minimum absolute atomic E-state index is 0.00707. The molecule has 9 nitrogen and oxygen atoms in total. The zero-order chi connectivity index (χ0) is 23.8. The zero-order valence-corrected chi connectivity index (χ0v) is 20.0. The highest BCUT2D eigenvalue weighted by molar-refractivity contribution is 5.76. The molecule has 1 heterocycles. The second kappa shape index (κ2) is 12.3. The SMILES string of the molecule is CC(C)CC(NCc1ccc(NCC2CN(C)CCO2)c([N+](=O)[O-])c1)C(=O)OC1CCCC1. The summed E-state index contributed by atoms with van der Waals surface area (Å²) in [5.74, 6) is 0.0985. The first-order valence-corrected chi connectivity index (χ1v) is 12.1. The molecule has 9 heteroatoms. The molecule has 33 heavy (non-hydrogen) atoms. The summed E-state index contributed by atoms with van der Waals surface area (Å²) < 4.78 is 11.4. The second-order valence-electron chi connectivity index (χ2n) is 9.65. The van der Waals surface area contributed by atoms with E-state index in [9.17, 15) is 14.9 Å². The molecule has 2 aliphatic rings. The Morgan fingerprint density at radius 3 is 2.76 bits per heavy atom. The molecule has 1 aliphatic heterocycles. The van der Waals surface area contributed by atoms with Crippen molar-refractivity contribution in [1.82, 2.24) is 10.2 Å². The van der Waals surface area contributed by atoms with Gasteiger partial charge in [0.1, 0.15) is 17.8 Å². The van der Waals surface area contributed by atoms with Gasteiger partial charge in [0.25, 0.3) is 5.69 Å². The molecule has 2 fully saturated rings. The van der Waals surface area contributed by atoms with E-state index in [-0.39, 0.29) is 28.8 Å². The minimum atomic E-state index is -0.428. The van der Waals surface area contributed by atoms with E-state index in [1.165, 1.54) is 0 Å². The van der Waals surface area contributed by atoms with Crippen LogP contribution in [0.4, 0.5) is 11.4 Å². The number of hydrogen-bond donors (Lipinski definition) is 2. The number of hydrogen-bond acceptors (Lipinski definition) is 8. The van der Waals surface area contributed by atoms with Gasteiger partial charge < -0.3 is 25.0 Å². The average molecular weight is 463 g/mol. The van der Waals surface area contributed by atoms with E-state index in [0.29, 0.717) is 37.7 Å². The van der Waals surface area contributed by atoms with Gasteiger partial charge >= 0.3 is 5.97 Å². The predicted molar refractivity (Wildman–Crippen MR) is 127 cm³/mol. The van der Waals surface area contributed by atoms with E-state index in [2.05, 4.69) is 29.4 Å². The van der Waals surface area contributed by atoms with E-state index >= 15 is 0 Å². The molecule has 1 saturated carbocycles. The quantitative estimate of drug-likeness (QED) is 0.293. The van der Waals surface area contributed by atoms with Crippen LogP contribution in [0.5, 0.6) is 0 Å². The van der Waals surface area contributed by atoms with Crippen molar-refractivity contribution in [3.63, 3.8) is 0 Å². The Bertz CT molecular complexity index is 797. The molecule has 0 aromatic heterocycles. The molecule has 0 spiro atoms. The van der Waals surface area contributed by atoms with Crippen molar-refractivity contribution in [3.8, 4) is 0 Å². The van der Waals surface area contributed by atoms with Crippen molar-refractivity contribution < 1.29 is 19.2 Å². The number of nitrogens with one attached hydrogen (secondary N) is 2. The first kappa shape index (κ1) is 25.4. The van der Waals surface area contributed by atoms with Crippen molar-refractivity contribution >= 4 is 17.3 Å². The van der Waals surface area contributed by atoms with Crippen LogP contribution in [-0.2, 0) is 20.8 Å². The van der Waals surface area contributed by atoms with E-state index in [1.54, 1.807) is 12.1 Å². The number of nitrogens with zero attached hydrogens (tertiary/aromatic N) is 2. The van der Waals surface area contributed by atoms with Crippen LogP contribution in [0.15, 0.2) is 18.2 Å². The van der Waals surface area contributed by atoms with Crippen LogP contribution in [0.3, 0.4) is 0 Å². The number of anilines is 1. The molecule has 1 aromatic rings. The fourth-order valence-corrected chi connectivity index (χ4v) is 4.43. The van der Waals surface area contributed by atoms with Crippen LogP contribution < -0.4 is 10.6 Å². The van der Waals surface area contributed by atoms with E-state index in [0.717, 1.165) is 44.3 Å². The first-order valence-electron chi connectivity index (χ1n) is 12.1. The number of esters is 1. The summed E-state index contributed by atoms with van der Waals surface area (Å²) in [5, 5.41) is 18.1. The Balaban J connectivity index is 1.60. The Morgan fingerprint density at radius 2 is 2.09 bits per heavy atom. The van der Waals surface area contributed by atoms with Crippen LogP contribution in [0, 0.1) is 16.0 Å². The Hall–Kier alpha value is -2.23. The van der Waals surface area contributed by atoms with Crippen LogP contribution in [0.25, 0.3) is 0 Å². The lowest BCUT2D eigenvalue weighted by Crippen LogP contribution is -2.43. The number of carbonyl (C=O) groups excluding carboxylic acids is 1. The van der Waals surface area contributed by atoms with Crippen molar-refractivity contribution in [2.45, 2.75) is 70.7 Å². The van der Waals surface area contributed by atoms with Gasteiger partial charge in [-0.2, -0.15) is 0 Å². The van der Waals surface area contributed by atoms with Gasteiger partial charge in [0.15, 0.2) is 0 Å². The second-order valence-corrected chi connectivity index (χ2v) is 9.65. The molecule has 2 atom stereocenters. The Morgan fingerprint density at radius 1 is 1.33 bits per heavy atom. The van der Waals surface area contributed by atoms with E-state index in [4.69, 9.17) is 9.47 Å². The largest absolute Gasteiger partial charge is 0.461 e. The third-order valence-corrected chi connectivity index (χ3v) is 6.25. The number of likely N-dealkylation sites (N-methyl/N-ethyl adjacent to an activating group) is 1. The summed E-state index contributed by atoms with van der Waals surface area (Å²) in [6.07, 6.45) is 4.75. The predicted octanol–water partition coefficient (Wildman–Crippen LogP) is 3.33. The number of ether oxygens (including phenoxy) is 2. The van der Waals surface area contributed by atoms with Gasteiger partial charge in [-0.05, 0) is 56.7 Å². The number of benzene rings is 1. The molecule has 2 N–H and O–H groups in total. The number of rotatable bonds is 11. The molecule has 3 rings (SSSR count). The zero-order valence-electron chi connectivity index (χ0n) is 20.0. The maximum absolute atomic E-state index is 12.7. The van der Waals surface area contributed by atoms with Gasteiger partial charge in [-0.1, -0.05) is 19.9 Å². The normalized spacial score (nSPS) is 20.7. The molecule has 2 unspecified atom stereocenters. The summed E-state index contributed by atoms with van der Waals surface area (Å²) in [7, 11) is 2.04.